The van der Waals surface area contributed by atoms with E-state index in [2.05, 4.69) is 0 Å². The standard InChI is InChI=1S/C12H7Cl2NO3S/c13-8-1-3-9(4-2-8)19(18)10-5-6-11(14)12(7-10)15(16)17/h1-7H. The van der Waals surface area contributed by atoms with E-state index in [1.54, 1.807) is 24.3 Å². The minimum atomic E-state index is -1.51. The highest BCUT2D eigenvalue weighted by molar-refractivity contribution is 7.91. The van der Waals surface area contributed by atoms with Crippen molar-refractivity contribution in [1.29, 1.82) is 0 Å². The summed E-state index contributed by atoms with van der Waals surface area (Å²) in [6.07, 6.45) is 0. The molecule has 2 aromatic rings. The number of nitro benzene ring substituents is 1. The second kappa shape index (κ2) is 5.79. The lowest BCUT2D eigenvalue weighted by atomic mass is 10.3. The molecular formula is C12H7Cl2NO3S. The molecule has 19 heavy (non-hydrogen) atoms. The van der Waals surface area contributed by atoms with Gasteiger partial charge in [-0.2, -0.15) is 0 Å². The summed E-state index contributed by atoms with van der Waals surface area (Å²) in [6.45, 7) is 0. The Morgan fingerprint density at radius 3 is 2.16 bits per heavy atom. The van der Waals surface area contributed by atoms with E-state index >= 15 is 0 Å². The average Bonchev–Trinajstić information content (AvgIpc) is 2.39. The molecule has 0 N–H and O–H groups in total. The molecule has 0 bridgehead atoms. The van der Waals surface area contributed by atoms with Gasteiger partial charge in [0.1, 0.15) is 5.02 Å². The molecule has 7 heteroatoms. The zero-order chi connectivity index (χ0) is 14.0. The molecule has 2 aromatic carbocycles. The summed E-state index contributed by atoms with van der Waals surface area (Å²) in [4.78, 5) is 11.0. The molecule has 0 amide bonds. The second-order valence-electron chi connectivity index (χ2n) is 3.59. The normalized spacial score (nSPS) is 12.2. The van der Waals surface area contributed by atoms with Gasteiger partial charge in [0.2, 0.25) is 0 Å². The van der Waals surface area contributed by atoms with Crippen LogP contribution in [0.4, 0.5) is 5.69 Å². The Morgan fingerprint density at radius 2 is 1.58 bits per heavy atom. The summed E-state index contributed by atoms with van der Waals surface area (Å²) in [7, 11) is 0. The van der Waals surface area contributed by atoms with Gasteiger partial charge in [-0.25, -0.2) is 0 Å². The van der Waals surface area contributed by atoms with Crippen LogP contribution in [0.1, 0.15) is 0 Å². The molecule has 0 fully saturated rings. The minimum absolute atomic E-state index is 0.0156. The molecule has 4 nitrogen and oxygen atoms in total. The molecule has 2 rings (SSSR count). The van der Waals surface area contributed by atoms with Crippen LogP contribution in [0.2, 0.25) is 10.0 Å². The van der Waals surface area contributed by atoms with Gasteiger partial charge >= 0.3 is 0 Å². The predicted octanol–water partition coefficient (Wildman–Crippen LogP) is 4.07. The maximum atomic E-state index is 12.2. The van der Waals surface area contributed by atoms with Crippen molar-refractivity contribution in [2.24, 2.45) is 0 Å². The lowest BCUT2D eigenvalue weighted by Crippen LogP contribution is -2.03. The van der Waals surface area contributed by atoms with Gasteiger partial charge in [-0.05, 0) is 36.4 Å². The number of nitrogens with zero attached hydrogens (tertiary/aromatic N) is 1. The van der Waals surface area contributed by atoms with Crippen molar-refractivity contribution in [3.8, 4) is 0 Å². The van der Waals surface area contributed by atoms with Crippen LogP contribution in [0, 0.1) is 10.1 Å². The van der Waals surface area contributed by atoms with Crippen LogP contribution in [0.3, 0.4) is 0 Å². The molecule has 98 valence electrons. The zero-order valence-corrected chi connectivity index (χ0v) is 11.7. The van der Waals surface area contributed by atoms with Crippen LogP contribution in [-0.4, -0.2) is 9.48 Å². The molecule has 0 saturated carbocycles. The van der Waals surface area contributed by atoms with Crippen LogP contribution in [0.5, 0.6) is 0 Å². The first-order valence-corrected chi connectivity index (χ1v) is 7.01. The number of rotatable bonds is 3. The Morgan fingerprint density at radius 1 is 1.00 bits per heavy atom. The Balaban J connectivity index is 2.38. The molecule has 0 spiro atoms. The molecule has 0 aromatic heterocycles. The molecule has 0 radical (unpaired) electrons. The minimum Gasteiger partial charge on any atom is -0.606 e. The zero-order valence-electron chi connectivity index (χ0n) is 9.38. The monoisotopic (exact) mass is 315 g/mol. The fourth-order valence-corrected chi connectivity index (χ4v) is 2.82. The smallest absolute Gasteiger partial charge is 0.292 e. The highest BCUT2D eigenvalue weighted by Gasteiger charge is 2.21. The Hall–Kier alpha value is -1.27. The molecule has 1 unspecified atom stereocenters. The van der Waals surface area contributed by atoms with Gasteiger partial charge in [0.15, 0.2) is 9.79 Å². The van der Waals surface area contributed by atoms with Gasteiger partial charge in [-0.3, -0.25) is 10.1 Å². The molecular weight excluding hydrogens is 309 g/mol. The fourth-order valence-electron chi connectivity index (χ4n) is 1.44. The largest absolute Gasteiger partial charge is 0.606 e. The maximum Gasteiger partial charge on any atom is 0.292 e. The second-order valence-corrected chi connectivity index (χ2v) is 5.92. The van der Waals surface area contributed by atoms with Crippen LogP contribution in [0.15, 0.2) is 52.3 Å². The van der Waals surface area contributed by atoms with Gasteiger partial charge in [0.05, 0.1) is 11.0 Å². The summed E-state index contributed by atoms with van der Waals surface area (Å²) in [5, 5.41) is 11.3. The molecule has 0 aliphatic heterocycles. The van der Waals surface area contributed by atoms with Crippen LogP contribution >= 0.6 is 23.2 Å². The van der Waals surface area contributed by atoms with E-state index in [4.69, 9.17) is 23.2 Å². The van der Waals surface area contributed by atoms with Crippen molar-refractivity contribution in [2.75, 3.05) is 0 Å². The number of benzene rings is 2. The van der Waals surface area contributed by atoms with Crippen molar-refractivity contribution in [3.63, 3.8) is 0 Å². The Bertz CT molecular complexity index is 619. The third-order valence-corrected chi connectivity index (χ3v) is 4.31. The molecule has 0 aliphatic carbocycles. The predicted molar refractivity (Wildman–Crippen MR) is 74.2 cm³/mol. The first-order chi connectivity index (χ1) is 8.99. The summed E-state index contributed by atoms with van der Waals surface area (Å²) in [5.41, 5.74) is -0.263. The summed E-state index contributed by atoms with van der Waals surface area (Å²) < 4.78 is 12.2. The topological polar surface area (TPSA) is 66.2 Å². The summed E-state index contributed by atoms with van der Waals surface area (Å²) >= 11 is 9.94. The van der Waals surface area contributed by atoms with Crippen molar-refractivity contribution >= 4 is 40.1 Å². The van der Waals surface area contributed by atoms with Crippen molar-refractivity contribution in [2.45, 2.75) is 9.79 Å². The van der Waals surface area contributed by atoms with E-state index in [0.717, 1.165) is 0 Å². The van der Waals surface area contributed by atoms with Gasteiger partial charge in [0, 0.05) is 16.2 Å². The van der Waals surface area contributed by atoms with E-state index in [1.807, 2.05) is 0 Å². The van der Waals surface area contributed by atoms with E-state index in [-0.39, 0.29) is 10.7 Å². The fraction of sp³-hybridized carbons (Fsp3) is 0. The summed E-state index contributed by atoms with van der Waals surface area (Å²) in [5.74, 6) is 0. The van der Waals surface area contributed by atoms with E-state index in [0.29, 0.717) is 14.8 Å². The van der Waals surface area contributed by atoms with E-state index in [1.165, 1.54) is 18.2 Å². The van der Waals surface area contributed by atoms with Crippen LogP contribution in [-0.2, 0) is 11.2 Å². The molecule has 0 heterocycles. The van der Waals surface area contributed by atoms with E-state index in [9.17, 15) is 14.7 Å². The van der Waals surface area contributed by atoms with Crippen LogP contribution in [0.25, 0.3) is 0 Å². The summed E-state index contributed by atoms with van der Waals surface area (Å²) in [6, 6.07) is 10.5. The van der Waals surface area contributed by atoms with E-state index < -0.39 is 16.1 Å². The third kappa shape index (κ3) is 3.19. The highest BCUT2D eigenvalue weighted by atomic mass is 35.5. The van der Waals surface area contributed by atoms with Crippen LogP contribution < -0.4 is 0 Å². The lowest BCUT2D eigenvalue weighted by molar-refractivity contribution is -0.384. The lowest BCUT2D eigenvalue weighted by Gasteiger charge is -2.09. The molecule has 0 saturated heterocycles. The maximum absolute atomic E-state index is 12.2. The SMILES string of the molecule is O=[N+]([O-])c1cc([S+]([O-])c2ccc(Cl)cc2)ccc1Cl. The first kappa shape index (κ1) is 14.1. The van der Waals surface area contributed by atoms with Crippen molar-refractivity contribution < 1.29 is 9.48 Å². The Labute approximate surface area is 122 Å². The average molecular weight is 316 g/mol. The number of hydrogen-bond acceptors (Lipinski definition) is 3. The van der Waals surface area contributed by atoms with Gasteiger partial charge in [-0.1, -0.05) is 23.2 Å². The molecule has 1 atom stereocenters. The number of hydrogen-bond donors (Lipinski definition) is 0. The number of halogens is 2. The highest BCUT2D eigenvalue weighted by Crippen LogP contribution is 2.30. The third-order valence-electron chi connectivity index (χ3n) is 2.36. The quantitative estimate of drug-likeness (QED) is 0.487. The molecule has 0 aliphatic rings. The van der Waals surface area contributed by atoms with Gasteiger partial charge in [0.25, 0.3) is 5.69 Å². The van der Waals surface area contributed by atoms with Crippen molar-refractivity contribution in [3.05, 3.63) is 62.6 Å². The van der Waals surface area contributed by atoms with Gasteiger partial charge in [-0.15, -0.1) is 0 Å². The van der Waals surface area contributed by atoms with Crippen molar-refractivity contribution in [1.82, 2.24) is 0 Å². The number of nitro groups is 1. The first-order valence-electron chi connectivity index (χ1n) is 5.10. The van der Waals surface area contributed by atoms with Gasteiger partial charge < -0.3 is 4.55 Å². The Kier molecular flexibility index (Phi) is 4.31.